The second-order valence-electron chi connectivity index (χ2n) is 6.25. The molecule has 2 N–H and O–H groups in total. The minimum atomic E-state index is -0.573. The van der Waals surface area contributed by atoms with Crippen LogP contribution in [-0.2, 0) is 9.53 Å². The SMILES string of the molecule is NC[C@H]1CCN(C(=O)[C@@H](c2ccccc2F)N2CCOCC2)C1. The lowest BCUT2D eigenvalue weighted by atomic mass is 10.0. The monoisotopic (exact) mass is 321 g/mol. The number of nitrogens with two attached hydrogens (primary N) is 1. The second-order valence-corrected chi connectivity index (χ2v) is 6.25. The zero-order valence-electron chi connectivity index (χ0n) is 13.3. The third kappa shape index (κ3) is 3.54. The van der Waals surface area contributed by atoms with Gasteiger partial charge in [0.1, 0.15) is 11.9 Å². The molecular formula is C17H24FN3O2. The highest BCUT2D eigenvalue weighted by atomic mass is 19.1. The fourth-order valence-corrected chi connectivity index (χ4v) is 3.42. The highest BCUT2D eigenvalue weighted by molar-refractivity contribution is 5.83. The van der Waals surface area contributed by atoms with Gasteiger partial charge in [-0.05, 0) is 24.9 Å². The van der Waals surface area contributed by atoms with Crippen molar-refractivity contribution < 1.29 is 13.9 Å². The van der Waals surface area contributed by atoms with Gasteiger partial charge < -0.3 is 15.4 Å². The number of halogens is 1. The van der Waals surface area contributed by atoms with Crippen LogP contribution in [0.25, 0.3) is 0 Å². The smallest absolute Gasteiger partial charge is 0.244 e. The Morgan fingerprint density at radius 3 is 2.70 bits per heavy atom. The van der Waals surface area contributed by atoms with Gasteiger partial charge in [0, 0.05) is 31.7 Å². The van der Waals surface area contributed by atoms with Crippen molar-refractivity contribution in [2.45, 2.75) is 12.5 Å². The normalized spacial score (nSPS) is 23.9. The lowest BCUT2D eigenvalue weighted by Gasteiger charge is -2.36. The highest BCUT2D eigenvalue weighted by Crippen LogP contribution is 2.28. The standard InChI is InChI=1S/C17H24FN3O2/c18-15-4-2-1-3-14(15)16(20-7-9-23-10-8-20)17(22)21-6-5-13(11-19)12-21/h1-4,13,16H,5-12,19H2/t13-,16-/m1/s1. The van der Waals surface area contributed by atoms with Gasteiger partial charge in [0.25, 0.3) is 0 Å². The highest BCUT2D eigenvalue weighted by Gasteiger charge is 2.36. The van der Waals surface area contributed by atoms with Gasteiger partial charge in [0.15, 0.2) is 0 Å². The Bertz CT molecular complexity index is 548. The summed E-state index contributed by atoms with van der Waals surface area (Å²) in [5, 5.41) is 0. The van der Waals surface area contributed by atoms with Crippen molar-refractivity contribution in [3.05, 3.63) is 35.6 Å². The summed E-state index contributed by atoms with van der Waals surface area (Å²) in [5.41, 5.74) is 6.18. The molecule has 0 bridgehead atoms. The molecule has 1 amide bonds. The van der Waals surface area contributed by atoms with Gasteiger partial charge in [0.2, 0.25) is 5.91 Å². The molecule has 2 atom stereocenters. The maximum Gasteiger partial charge on any atom is 0.244 e. The summed E-state index contributed by atoms with van der Waals surface area (Å²) in [6.45, 7) is 4.39. The first kappa shape index (κ1) is 16.4. The summed E-state index contributed by atoms with van der Waals surface area (Å²) in [7, 11) is 0. The molecule has 3 rings (SSSR count). The molecule has 2 aliphatic heterocycles. The number of rotatable bonds is 4. The summed E-state index contributed by atoms with van der Waals surface area (Å²) < 4.78 is 19.7. The number of nitrogens with zero attached hydrogens (tertiary/aromatic N) is 2. The Labute approximate surface area is 136 Å². The first-order chi connectivity index (χ1) is 11.2. The first-order valence-electron chi connectivity index (χ1n) is 8.25. The van der Waals surface area contributed by atoms with E-state index < -0.39 is 6.04 Å². The van der Waals surface area contributed by atoms with Crippen LogP contribution < -0.4 is 5.73 Å². The summed E-state index contributed by atoms with van der Waals surface area (Å²) in [6.07, 6.45) is 0.926. The van der Waals surface area contributed by atoms with Crippen molar-refractivity contribution in [2.24, 2.45) is 11.7 Å². The van der Waals surface area contributed by atoms with Crippen LogP contribution in [0.3, 0.4) is 0 Å². The minimum Gasteiger partial charge on any atom is -0.379 e. The summed E-state index contributed by atoms with van der Waals surface area (Å²) in [6, 6.07) is 6.00. The van der Waals surface area contributed by atoms with E-state index in [0.717, 1.165) is 6.42 Å². The molecule has 0 aliphatic carbocycles. The molecule has 0 radical (unpaired) electrons. The van der Waals surface area contributed by atoms with Crippen molar-refractivity contribution in [3.8, 4) is 0 Å². The van der Waals surface area contributed by atoms with Gasteiger partial charge in [-0.15, -0.1) is 0 Å². The zero-order chi connectivity index (χ0) is 16.2. The van der Waals surface area contributed by atoms with Gasteiger partial charge in [-0.25, -0.2) is 4.39 Å². The van der Waals surface area contributed by atoms with Crippen LogP contribution in [0.2, 0.25) is 0 Å². The van der Waals surface area contributed by atoms with E-state index in [0.29, 0.717) is 57.4 Å². The van der Waals surface area contributed by atoms with Gasteiger partial charge in [0.05, 0.1) is 13.2 Å². The Hall–Kier alpha value is -1.50. The fourth-order valence-electron chi connectivity index (χ4n) is 3.42. The maximum atomic E-state index is 14.3. The van der Waals surface area contributed by atoms with Crippen molar-refractivity contribution in [1.29, 1.82) is 0 Å². The molecule has 0 saturated carbocycles. The Balaban J connectivity index is 1.85. The van der Waals surface area contributed by atoms with E-state index in [9.17, 15) is 9.18 Å². The molecule has 2 saturated heterocycles. The Morgan fingerprint density at radius 2 is 2.04 bits per heavy atom. The molecule has 0 spiro atoms. The number of ether oxygens (including phenoxy) is 1. The van der Waals surface area contributed by atoms with E-state index in [2.05, 4.69) is 0 Å². The Morgan fingerprint density at radius 1 is 1.30 bits per heavy atom. The maximum absolute atomic E-state index is 14.3. The van der Waals surface area contributed by atoms with Crippen molar-refractivity contribution in [3.63, 3.8) is 0 Å². The predicted octanol–water partition coefficient (Wildman–Crippen LogP) is 1.01. The number of likely N-dealkylation sites (tertiary alicyclic amines) is 1. The topological polar surface area (TPSA) is 58.8 Å². The molecule has 0 unspecified atom stereocenters. The second kappa shape index (κ2) is 7.38. The van der Waals surface area contributed by atoms with Crippen LogP contribution in [-0.4, -0.2) is 61.6 Å². The molecule has 126 valence electrons. The van der Waals surface area contributed by atoms with Crippen molar-refractivity contribution >= 4 is 5.91 Å². The average molecular weight is 321 g/mol. The lowest BCUT2D eigenvalue weighted by Crippen LogP contribution is -2.47. The van der Waals surface area contributed by atoms with Gasteiger partial charge >= 0.3 is 0 Å². The number of amides is 1. The third-order valence-electron chi connectivity index (χ3n) is 4.78. The quantitative estimate of drug-likeness (QED) is 0.899. The number of hydrogen-bond donors (Lipinski definition) is 1. The van der Waals surface area contributed by atoms with Gasteiger partial charge in [-0.3, -0.25) is 9.69 Å². The van der Waals surface area contributed by atoms with E-state index in [1.54, 1.807) is 18.2 Å². The molecule has 1 aromatic rings. The van der Waals surface area contributed by atoms with E-state index in [4.69, 9.17) is 10.5 Å². The van der Waals surface area contributed by atoms with E-state index >= 15 is 0 Å². The molecule has 2 aliphatic rings. The van der Waals surface area contributed by atoms with E-state index in [-0.39, 0.29) is 11.7 Å². The summed E-state index contributed by atoms with van der Waals surface area (Å²) in [5.74, 6) is 0.00442. The number of benzene rings is 1. The lowest BCUT2D eigenvalue weighted by molar-refractivity contribution is -0.138. The largest absolute Gasteiger partial charge is 0.379 e. The van der Waals surface area contributed by atoms with Gasteiger partial charge in [-0.2, -0.15) is 0 Å². The minimum absolute atomic E-state index is 0.0204. The van der Waals surface area contributed by atoms with Crippen LogP contribution in [0, 0.1) is 11.7 Å². The molecule has 2 heterocycles. The van der Waals surface area contributed by atoms with Crippen LogP contribution in [0.15, 0.2) is 24.3 Å². The number of carbonyl (C=O) groups excluding carboxylic acids is 1. The predicted molar refractivity (Wildman–Crippen MR) is 85.3 cm³/mol. The molecule has 0 aromatic heterocycles. The fraction of sp³-hybridized carbons (Fsp3) is 0.588. The third-order valence-corrected chi connectivity index (χ3v) is 4.78. The summed E-state index contributed by atoms with van der Waals surface area (Å²) in [4.78, 5) is 17.0. The van der Waals surface area contributed by atoms with Crippen molar-refractivity contribution in [2.75, 3.05) is 45.9 Å². The average Bonchev–Trinajstić information content (AvgIpc) is 3.07. The molecular weight excluding hydrogens is 297 g/mol. The Kier molecular flexibility index (Phi) is 5.25. The number of morpholine rings is 1. The van der Waals surface area contributed by atoms with Crippen LogP contribution >= 0.6 is 0 Å². The molecule has 5 nitrogen and oxygen atoms in total. The van der Waals surface area contributed by atoms with E-state index in [1.807, 2.05) is 9.80 Å². The summed E-state index contributed by atoms with van der Waals surface area (Å²) >= 11 is 0. The number of carbonyl (C=O) groups is 1. The molecule has 6 heteroatoms. The molecule has 23 heavy (non-hydrogen) atoms. The van der Waals surface area contributed by atoms with Crippen LogP contribution in [0.4, 0.5) is 4.39 Å². The molecule has 2 fully saturated rings. The molecule has 1 aromatic carbocycles. The first-order valence-corrected chi connectivity index (χ1v) is 8.25. The number of hydrogen-bond acceptors (Lipinski definition) is 4. The van der Waals surface area contributed by atoms with Crippen LogP contribution in [0.5, 0.6) is 0 Å². The van der Waals surface area contributed by atoms with E-state index in [1.165, 1.54) is 6.07 Å². The zero-order valence-corrected chi connectivity index (χ0v) is 13.3. The van der Waals surface area contributed by atoms with Crippen LogP contribution in [0.1, 0.15) is 18.0 Å². The van der Waals surface area contributed by atoms with Crippen molar-refractivity contribution in [1.82, 2.24) is 9.80 Å². The van der Waals surface area contributed by atoms with Gasteiger partial charge in [-0.1, -0.05) is 18.2 Å².